The molecule has 2 aromatic carbocycles. The van der Waals surface area contributed by atoms with Crippen molar-refractivity contribution >= 4 is 22.7 Å². The van der Waals surface area contributed by atoms with Crippen LogP contribution in [0.5, 0.6) is 0 Å². The summed E-state index contributed by atoms with van der Waals surface area (Å²) in [6, 6.07) is 17.3. The first kappa shape index (κ1) is 18.2. The Hall–Kier alpha value is -3.19. The van der Waals surface area contributed by atoms with Crippen molar-refractivity contribution in [2.75, 3.05) is 18.0 Å². The van der Waals surface area contributed by atoms with Crippen molar-refractivity contribution in [2.45, 2.75) is 25.5 Å². The molecule has 5 rings (SSSR count). The number of ether oxygens (including phenoxy) is 1. The van der Waals surface area contributed by atoms with Crippen LogP contribution in [-0.2, 0) is 11.3 Å². The van der Waals surface area contributed by atoms with E-state index in [9.17, 15) is 9.70 Å². The summed E-state index contributed by atoms with van der Waals surface area (Å²) in [5.41, 5.74) is 2.73. The lowest BCUT2D eigenvalue weighted by atomic mass is 10.0. The number of hydrogen-bond acceptors (Lipinski definition) is 5. The zero-order valence-corrected chi connectivity index (χ0v) is 15.4. The van der Waals surface area contributed by atoms with Gasteiger partial charge in [0.1, 0.15) is 6.61 Å². The van der Waals surface area contributed by atoms with Crippen LogP contribution >= 0.6 is 0 Å². The van der Waals surface area contributed by atoms with Crippen LogP contribution in [0.15, 0.2) is 65.3 Å². The average Bonchev–Trinajstić information content (AvgIpc) is 2.74. The summed E-state index contributed by atoms with van der Waals surface area (Å²) in [7, 11) is 0. The van der Waals surface area contributed by atoms with Gasteiger partial charge in [0.2, 0.25) is 5.58 Å². The quantitative estimate of drug-likeness (QED) is 0.701. The van der Waals surface area contributed by atoms with Crippen LogP contribution in [0.1, 0.15) is 18.4 Å². The first-order valence-electron chi connectivity index (χ1n) is 9.38. The van der Waals surface area contributed by atoms with Crippen LogP contribution < -0.4 is 14.8 Å². The van der Waals surface area contributed by atoms with E-state index in [0.29, 0.717) is 16.8 Å². The van der Waals surface area contributed by atoms with Gasteiger partial charge in [0, 0.05) is 23.1 Å². The number of benzene rings is 2. The second kappa shape index (κ2) is 8.22. The second-order valence-corrected chi connectivity index (χ2v) is 6.76. The van der Waals surface area contributed by atoms with E-state index in [2.05, 4.69) is 5.32 Å². The lowest BCUT2D eigenvalue weighted by molar-refractivity contribution is -0.701. The number of cyclic esters (lactones) is 1. The van der Waals surface area contributed by atoms with E-state index in [-0.39, 0.29) is 12.1 Å². The minimum absolute atomic E-state index is 0.199. The standard InChI is InChI=1S/C13H16N2O2.C8H6NO2/c16-13-15(11-5-7-14-8-6-11)12-4-2-1-3-10(12)9-17-13;10-9-6-5-7-3-1-2-4-8(7)11-9/h1-4,11,14H,5-9H2;1-6H/q;+1. The summed E-state index contributed by atoms with van der Waals surface area (Å²) in [5.74, 6) is 0. The summed E-state index contributed by atoms with van der Waals surface area (Å²) in [5, 5.41) is 4.24. The molecule has 0 spiro atoms. The molecule has 0 unspecified atom stereocenters. The van der Waals surface area contributed by atoms with Gasteiger partial charge in [0.25, 0.3) is 10.8 Å². The maximum absolute atomic E-state index is 11.9. The Labute approximate surface area is 162 Å². The van der Waals surface area contributed by atoms with Crippen molar-refractivity contribution in [2.24, 2.45) is 0 Å². The fourth-order valence-corrected chi connectivity index (χ4v) is 3.56. The molecule has 2 aliphatic heterocycles. The molecule has 1 N–H and O–H groups in total. The highest BCUT2D eigenvalue weighted by molar-refractivity contribution is 5.91. The number of piperidine rings is 1. The topological polar surface area (TPSA) is 77.7 Å². The molecule has 0 atom stereocenters. The van der Waals surface area contributed by atoms with E-state index < -0.39 is 0 Å². The van der Waals surface area contributed by atoms with Crippen LogP contribution in [-0.4, -0.2) is 25.2 Å². The third-order valence-electron chi connectivity index (χ3n) is 4.96. The summed E-state index contributed by atoms with van der Waals surface area (Å²) in [6.07, 6.45) is 3.12. The fourth-order valence-electron chi connectivity index (χ4n) is 3.56. The van der Waals surface area contributed by atoms with Crippen molar-refractivity contribution in [1.82, 2.24) is 5.32 Å². The van der Waals surface area contributed by atoms with Crippen LogP contribution in [0.4, 0.5) is 10.5 Å². The zero-order chi connectivity index (χ0) is 19.3. The number of nitrogens with one attached hydrogen (secondary N) is 1. The van der Waals surface area contributed by atoms with Crippen molar-refractivity contribution in [3.63, 3.8) is 0 Å². The number of fused-ring (bicyclic) bond motifs is 2. The van der Waals surface area contributed by atoms with Crippen molar-refractivity contribution in [1.29, 1.82) is 0 Å². The van der Waals surface area contributed by atoms with E-state index in [4.69, 9.17) is 9.26 Å². The SMILES string of the molecule is O=C1OCc2ccccc2N1C1CCNCC1.O=[n+]1ccc2ccccc2o1. The van der Waals surface area contributed by atoms with Gasteiger partial charge >= 0.3 is 6.09 Å². The molecule has 2 aliphatic rings. The molecular formula is C21H22N3O4+. The first-order chi connectivity index (χ1) is 13.7. The third-order valence-corrected chi connectivity index (χ3v) is 4.96. The van der Waals surface area contributed by atoms with E-state index in [1.807, 2.05) is 47.4 Å². The molecule has 1 aromatic heterocycles. The number of carbonyl (C=O) groups excluding carboxylic acids is 1. The third kappa shape index (κ3) is 3.89. The Morgan fingerprint density at radius 1 is 1.00 bits per heavy atom. The number of rotatable bonds is 1. The molecule has 1 saturated heterocycles. The van der Waals surface area contributed by atoms with Crippen molar-refractivity contribution in [3.8, 4) is 0 Å². The molecule has 144 valence electrons. The number of hydrogen-bond donors (Lipinski definition) is 1. The predicted molar refractivity (Wildman–Crippen MR) is 105 cm³/mol. The average molecular weight is 380 g/mol. The molecule has 0 bridgehead atoms. The summed E-state index contributed by atoms with van der Waals surface area (Å²) >= 11 is 0. The van der Waals surface area contributed by atoms with Crippen LogP contribution in [0.3, 0.4) is 0 Å². The van der Waals surface area contributed by atoms with Gasteiger partial charge in [0.05, 0.1) is 10.6 Å². The maximum Gasteiger partial charge on any atom is 0.414 e. The molecule has 3 aromatic rings. The Balaban J connectivity index is 0.000000151. The normalized spacial score (nSPS) is 16.7. The smallest absolute Gasteiger partial charge is 0.414 e. The second-order valence-electron chi connectivity index (χ2n) is 6.76. The molecule has 28 heavy (non-hydrogen) atoms. The minimum atomic E-state index is -0.199. The Morgan fingerprint density at radius 2 is 1.75 bits per heavy atom. The zero-order valence-electron chi connectivity index (χ0n) is 15.4. The molecule has 7 nitrogen and oxygen atoms in total. The highest BCUT2D eigenvalue weighted by Gasteiger charge is 2.32. The van der Waals surface area contributed by atoms with Crippen LogP contribution in [0, 0.1) is 4.91 Å². The van der Waals surface area contributed by atoms with Crippen molar-refractivity contribution < 1.29 is 18.7 Å². The fraction of sp³-hybridized carbons (Fsp3) is 0.286. The molecule has 0 aliphatic carbocycles. The van der Waals surface area contributed by atoms with Crippen molar-refractivity contribution in [3.05, 3.63) is 71.3 Å². The molecule has 0 radical (unpaired) electrons. The van der Waals surface area contributed by atoms with Gasteiger partial charge in [-0.05, 0) is 38.1 Å². The van der Waals surface area contributed by atoms with Crippen LogP contribution in [0.2, 0.25) is 0 Å². The monoisotopic (exact) mass is 380 g/mol. The molecule has 3 heterocycles. The van der Waals surface area contributed by atoms with Gasteiger partial charge in [-0.3, -0.25) is 4.90 Å². The Bertz CT molecular complexity index is 1030. The van der Waals surface area contributed by atoms with E-state index in [1.165, 1.54) is 6.20 Å². The van der Waals surface area contributed by atoms with Gasteiger partial charge in [0.15, 0.2) is 0 Å². The lowest BCUT2D eigenvalue weighted by Gasteiger charge is -2.37. The van der Waals surface area contributed by atoms with Crippen LogP contribution in [0.25, 0.3) is 11.0 Å². The lowest BCUT2D eigenvalue weighted by Crippen LogP contribution is -2.48. The van der Waals surface area contributed by atoms with Gasteiger partial charge in [-0.2, -0.15) is 4.52 Å². The minimum Gasteiger partial charge on any atom is -0.444 e. The maximum atomic E-state index is 11.9. The molecule has 7 heteroatoms. The van der Waals surface area contributed by atoms with Gasteiger partial charge < -0.3 is 10.1 Å². The summed E-state index contributed by atoms with van der Waals surface area (Å²) < 4.78 is 10.5. The highest BCUT2D eigenvalue weighted by atomic mass is 16.6. The van der Waals surface area contributed by atoms with Gasteiger partial charge in [-0.15, -0.1) is 0 Å². The van der Waals surface area contributed by atoms with E-state index in [1.54, 1.807) is 12.1 Å². The summed E-state index contributed by atoms with van der Waals surface area (Å²) in [4.78, 5) is 24.4. The molecule has 1 fully saturated rings. The predicted octanol–water partition coefficient (Wildman–Crippen LogP) is 3.24. The van der Waals surface area contributed by atoms with Gasteiger partial charge in [-0.1, -0.05) is 36.4 Å². The number of amides is 1. The number of nitrogens with zero attached hydrogens (tertiary/aromatic N) is 2. The largest absolute Gasteiger partial charge is 0.444 e. The number of carbonyl (C=O) groups is 1. The Morgan fingerprint density at radius 3 is 2.61 bits per heavy atom. The number of anilines is 1. The molecular weight excluding hydrogens is 358 g/mol. The number of para-hydroxylation sites is 2. The van der Waals surface area contributed by atoms with E-state index >= 15 is 0 Å². The first-order valence-corrected chi connectivity index (χ1v) is 9.38. The Kier molecular flexibility index (Phi) is 5.34. The number of aromatic nitrogens is 1. The summed E-state index contributed by atoms with van der Waals surface area (Å²) in [6.45, 7) is 2.34. The van der Waals surface area contributed by atoms with Gasteiger partial charge in [-0.25, -0.2) is 4.79 Å². The van der Waals surface area contributed by atoms with E-state index in [0.717, 1.165) is 42.6 Å². The molecule has 0 saturated carbocycles. The highest BCUT2D eigenvalue weighted by Crippen LogP contribution is 2.30. The molecule has 1 amide bonds.